The predicted molar refractivity (Wildman–Crippen MR) is 78.4 cm³/mol. The third-order valence-electron chi connectivity index (χ3n) is 3.54. The van der Waals surface area contributed by atoms with E-state index in [1.165, 1.54) is 32.1 Å². The van der Waals surface area contributed by atoms with Crippen molar-refractivity contribution in [3.8, 4) is 0 Å². The number of aromatic nitrogens is 2. The average Bonchev–Trinajstić information content (AvgIpc) is 2.91. The molecular weight excluding hydrogens is 238 g/mol. The van der Waals surface area contributed by atoms with Crippen LogP contribution in [-0.4, -0.2) is 23.2 Å². The Morgan fingerprint density at radius 3 is 2.68 bits per heavy atom. The number of unbranched alkanes of at least 4 members (excludes halogenated alkanes) is 3. The molecule has 0 saturated carbocycles. The Hall–Kier alpha value is -1.32. The Morgan fingerprint density at radius 1 is 1.26 bits per heavy atom. The van der Waals surface area contributed by atoms with Crippen LogP contribution in [-0.2, 0) is 0 Å². The zero-order chi connectivity index (χ0) is 14.1. The standard InChI is InChI=1S/C15H27N3O/c1-4-6-7-8-10-12(9-5-2)13-11-14(18-17-13)15(19)16-3/h11-12H,4-10H2,1-3H3,(H,16,19)(H,17,18). The Kier molecular flexibility index (Phi) is 7.23. The molecule has 0 spiro atoms. The number of carbonyl (C=O) groups is 1. The normalized spacial score (nSPS) is 12.4. The van der Waals surface area contributed by atoms with Crippen molar-refractivity contribution in [1.82, 2.24) is 15.5 Å². The highest BCUT2D eigenvalue weighted by Crippen LogP contribution is 2.26. The SMILES string of the molecule is CCCCCCC(CCC)c1cc(C(=O)NC)n[nH]1. The Balaban J connectivity index is 2.59. The number of rotatable bonds is 9. The number of H-pyrrole nitrogens is 1. The molecule has 0 fully saturated rings. The summed E-state index contributed by atoms with van der Waals surface area (Å²) in [5.41, 5.74) is 1.60. The quantitative estimate of drug-likeness (QED) is 0.670. The summed E-state index contributed by atoms with van der Waals surface area (Å²) in [7, 11) is 1.63. The van der Waals surface area contributed by atoms with Crippen molar-refractivity contribution in [3.05, 3.63) is 17.5 Å². The first-order chi connectivity index (χ1) is 9.22. The molecule has 0 bridgehead atoms. The molecular formula is C15H27N3O. The van der Waals surface area contributed by atoms with Crippen LogP contribution in [0.2, 0.25) is 0 Å². The van der Waals surface area contributed by atoms with Gasteiger partial charge in [-0.15, -0.1) is 0 Å². The van der Waals surface area contributed by atoms with Gasteiger partial charge in [-0.25, -0.2) is 0 Å². The summed E-state index contributed by atoms with van der Waals surface area (Å²) in [5.74, 6) is 0.386. The van der Waals surface area contributed by atoms with E-state index in [0.29, 0.717) is 11.6 Å². The summed E-state index contributed by atoms with van der Waals surface area (Å²) in [6, 6.07) is 1.90. The van der Waals surface area contributed by atoms with Crippen molar-refractivity contribution >= 4 is 5.91 Å². The predicted octanol–water partition coefficient (Wildman–Crippen LogP) is 3.62. The lowest BCUT2D eigenvalue weighted by Gasteiger charge is -2.13. The second-order valence-corrected chi connectivity index (χ2v) is 5.12. The van der Waals surface area contributed by atoms with Gasteiger partial charge in [0.25, 0.3) is 5.91 Å². The van der Waals surface area contributed by atoms with Crippen LogP contribution in [0.25, 0.3) is 0 Å². The first-order valence-electron chi connectivity index (χ1n) is 7.50. The van der Waals surface area contributed by atoms with Crippen LogP contribution in [0.15, 0.2) is 6.07 Å². The maximum Gasteiger partial charge on any atom is 0.271 e. The van der Waals surface area contributed by atoms with Gasteiger partial charge in [0.15, 0.2) is 0 Å². The van der Waals surface area contributed by atoms with Gasteiger partial charge in [-0.3, -0.25) is 9.89 Å². The highest BCUT2D eigenvalue weighted by molar-refractivity contribution is 5.92. The first kappa shape index (κ1) is 15.7. The van der Waals surface area contributed by atoms with E-state index < -0.39 is 0 Å². The third-order valence-corrected chi connectivity index (χ3v) is 3.54. The number of nitrogens with one attached hydrogen (secondary N) is 2. The minimum atomic E-state index is -0.122. The largest absolute Gasteiger partial charge is 0.354 e. The molecule has 0 radical (unpaired) electrons. The van der Waals surface area contributed by atoms with Gasteiger partial charge in [-0.1, -0.05) is 46.0 Å². The van der Waals surface area contributed by atoms with Gasteiger partial charge in [0, 0.05) is 18.7 Å². The van der Waals surface area contributed by atoms with E-state index in [1.807, 2.05) is 6.07 Å². The molecule has 0 aliphatic carbocycles. The number of aromatic amines is 1. The monoisotopic (exact) mass is 265 g/mol. The summed E-state index contributed by atoms with van der Waals surface area (Å²) in [4.78, 5) is 11.5. The zero-order valence-corrected chi connectivity index (χ0v) is 12.5. The van der Waals surface area contributed by atoms with Gasteiger partial charge in [0.05, 0.1) is 0 Å². The third kappa shape index (κ3) is 5.05. The second kappa shape index (κ2) is 8.73. The van der Waals surface area contributed by atoms with Crippen molar-refractivity contribution in [3.63, 3.8) is 0 Å². The second-order valence-electron chi connectivity index (χ2n) is 5.12. The Bertz CT molecular complexity index is 373. The lowest BCUT2D eigenvalue weighted by Crippen LogP contribution is -2.18. The Labute approximate surface area is 116 Å². The molecule has 1 amide bonds. The minimum absolute atomic E-state index is 0.122. The Morgan fingerprint density at radius 2 is 2.05 bits per heavy atom. The van der Waals surface area contributed by atoms with E-state index in [0.717, 1.165) is 18.5 Å². The molecule has 4 nitrogen and oxygen atoms in total. The molecule has 0 saturated heterocycles. The number of hydrogen-bond acceptors (Lipinski definition) is 2. The highest BCUT2D eigenvalue weighted by Gasteiger charge is 2.15. The average molecular weight is 265 g/mol. The van der Waals surface area contributed by atoms with Gasteiger partial charge in [0.2, 0.25) is 0 Å². The summed E-state index contributed by atoms with van der Waals surface area (Å²) < 4.78 is 0. The highest BCUT2D eigenvalue weighted by atomic mass is 16.1. The molecule has 2 N–H and O–H groups in total. The first-order valence-corrected chi connectivity index (χ1v) is 7.50. The molecule has 19 heavy (non-hydrogen) atoms. The molecule has 1 aromatic heterocycles. The van der Waals surface area contributed by atoms with Crippen molar-refractivity contribution in [2.75, 3.05) is 7.05 Å². The van der Waals surface area contributed by atoms with E-state index in [9.17, 15) is 4.79 Å². The lowest BCUT2D eigenvalue weighted by atomic mass is 9.93. The van der Waals surface area contributed by atoms with Gasteiger partial charge >= 0.3 is 0 Å². The summed E-state index contributed by atoms with van der Waals surface area (Å²) in [6.45, 7) is 4.43. The van der Waals surface area contributed by atoms with E-state index in [-0.39, 0.29) is 5.91 Å². The van der Waals surface area contributed by atoms with E-state index in [4.69, 9.17) is 0 Å². The van der Waals surface area contributed by atoms with E-state index in [1.54, 1.807) is 7.05 Å². The summed E-state index contributed by atoms with van der Waals surface area (Å²) in [5, 5.41) is 9.74. The van der Waals surface area contributed by atoms with Crippen LogP contribution in [0.3, 0.4) is 0 Å². The van der Waals surface area contributed by atoms with E-state index >= 15 is 0 Å². The van der Waals surface area contributed by atoms with Crippen LogP contribution < -0.4 is 5.32 Å². The van der Waals surface area contributed by atoms with Gasteiger partial charge in [-0.05, 0) is 18.9 Å². The zero-order valence-electron chi connectivity index (χ0n) is 12.5. The number of nitrogens with zero attached hydrogens (tertiary/aromatic N) is 1. The van der Waals surface area contributed by atoms with Crippen molar-refractivity contribution in [2.45, 2.75) is 64.7 Å². The maximum absolute atomic E-state index is 11.5. The van der Waals surface area contributed by atoms with Crippen LogP contribution in [0.5, 0.6) is 0 Å². The van der Waals surface area contributed by atoms with Crippen LogP contribution in [0, 0.1) is 0 Å². The fourth-order valence-corrected chi connectivity index (χ4v) is 2.41. The molecule has 0 aliphatic heterocycles. The van der Waals surface area contributed by atoms with Crippen molar-refractivity contribution in [2.24, 2.45) is 0 Å². The van der Waals surface area contributed by atoms with Gasteiger partial charge in [-0.2, -0.15) is 5.10 Å². The van der Waals surface area contributed by atoms with E-state index in [2.05, 4.69) is 29.4 Å². The maximum atomic E-state index is 11.5. The van der Waals surface area contributed by atoms with Gasteiger partial charge in [0.1, 0.15) is 5.69 Å². The van der Waals surface area contributed by atoms with Crippen molar-refractivity contribution in [1.29, 1.82) is 0 Å². The summed E-state index contributed by atoms with van der Waals surface area (Å²) in [6.07, 6.45) is 8.63. The number of amides is 1. The number of hydrogen-bond donors (Lipinski definition) is 2. The molecule has 4 heteroatoms. The fraction of sp³-hybridized carbons (Fsp3) is 0.733. The molecule has 1 heterocycles. The molecule has 0 aromatic carbocycles. The van der Waals surface area contributed by atoms with Gasteiger partial charge < -0.3 is 5.32 Å². The van der Waals surface area contributed by atoms with Crippen LogP contribution >= 0.6 is 0 Å². The minimum Gasteiger partial charge on any atom is -0.354 e. The molecule has 1 aromatic rings. The number of carbonyl (C=O) groups excluding carboxylic acids is 1. The van der Waals surface area contributed by atoms with Crippen LogP contribution in [0.4, 0.5) is 0 Å². The molecule has 1 atom stereocenters. The fourth-order valence-electron chi connectivity index (χ4n) is 2.41. The molecule has 108 valence electrons. The van der Waals surface area contributed by atoms with Crippen LogP contribution in [0.1, 0.15) is 80.9 Å². The lowest BCUT2D eigenvalue weighted by molar-refractivity contribution is 0.0958. The summed E-state index contributed by atoms with van der Waals surface area (Å²) >= 11 is 0. The van der Waals surface area contributed by atoms with Crippen molar-refractivity contribution < 1.29 is 4.79 Å². The smallest absolute Gasteiger partial charge is 0.271 e. The molecule has 0 aliphatic rings. The molecule has 1 unspecified atom stereocenters. The molecule has 1 rings (SSSR count). The topological polar surface area (TPSA) is 57.8 Å².